The third kappa shape index (κ3) is 3.22. The predicted octanol–water partition coefficient (Wildman–Crippen LogP) is 3.61. The lowest BCUT2D eigenvalue weighted by atomic mass is 9.98. The van der Waals surface area contributed by atoms with Crippen molar-refractivity contribution in [2.75, 3.05) is 13.1 Å². The Morgan fingerprint density at radius 2 is 1.82 bits per heavy atom. The van der Waals surface area contributed by atoms with Gasteiger partial charge in [-0.1, -0.05) is 36.4 Å². The molecule has 0 aromatic heterocycles. The monoisotopic (exact) mass is 301 g/mol. The molecule has 1 saturated heterocycles. The second-order valence-corrected chi connectivity index (χ2v) is 5.58. The molecule has 22 heavy (non-hydrogen) atoms. The van der Waals surface area contributed by atoms with Crippen molar-refractivity contribution in [3.05, 3.63) is 59.9 Å². The van der Waals surface area contributed by atoms with Crippen molar-refractivity contribution in [1.29, 1.82) is 0 Å². The minimum absolute atomic E-state index is 0.149. The summed E-state index contributed by atoms with van der Waals surface area (Å²) < 4.78 is 26.6. The van der Waals surface area contributed by atoms with Crippen LogP contribution in [-0.2, 0) is 11.3 Å². The Bertz CT molecular complexity index is 669. The summed E-state index contributed by atoms with van der Waals surface area (Å²) in [5, 5.41) is 0. The van der Waals surface area contributed by atoms with Crippen molar-refractivity contribution in [1.82, 2.24) is 4.90 Å². The van der Waals surface area contributed by atoms with Crippen LogP contribution in [0.1, 0.15) is 12.0 Å². The van der Waals surface area contributed by atoms with E-state index >= 15 is 0 Å². The molecule has 0 saturated carbocycles. The first-order chi connectivity index (χ1) is 10.6. The number of alkyl halides is 1. The highest BCUT2D eigenvalue weighted by Gasteiger charge is 2.26. The van der Waals surface area contributed by atoms with E-state index in [-0.39, 0.29) is 24.6 Å². The topological polar surface area (TPSA) is 20.3 Å². The van der Waals surface area contributed by atoms with Crippen molar-refractivity contribution in [3.63, 3.8) is 0 Å². The van der Waals surface area contributed by atoms with Crippen molar-refractivity contribution in [2.24, 2.45) is 0 Å². The number of Topliss-reactive ketones (excluding diaryl/α,β-unsaturated/α-hetero) is 1. The van der Waals surface area contributed by atoms with Crippen molar-refractivity contribution in [3.8, 4) is 11.1 Å². The Balaban J connectivity index is 1.82. The minimum atomic E-state index is -1.38. The molecule has 114 valence electrons. The van der Waals surface area contributed by atoms with Crippen LogP contribution in [0.15, 0.2) is 48.5 Å². The first-order valence-electron chi connectivity index (χ1n) is 7.36. The molecule has 2 aromatic rings. The number of nitrogens with zero attached hydrogens (tertiary/aromatic N) is 1. The van der Waals surface area contributed by atoms with Crippen LogP contribution in [0.3, 0.4) is 0 Å². The van der Waals surface area contributed by atoms with Gasteiger partial charge < -0.3 is 0 Å². The van der Waals surface area contributed by atoms with Gasteiger partial charge in [-0.3, -0.25) is 9.69 Å². The maximum atomic E-state index is 13.6. The molecule has 0 N–H and O–H groups in total. The van der Waals surface area contributed by atoms with E-state index in [1.54, 1.807) is 12.1 Å². The number of halogens is 2. The van der Waals surface area contributed by atoms with E-state index in [2.05, 4.69) is 0 Å². The quantitative estimate of drug-likeness (QED) is 0.863. The maximum absolute atomic E-state index is 13.6. The van der Waals surface area contributed by atoms with Gasteiger partial charge in [-0.25, -0.2) is 8.78 Å². The molecule has 0 spiro atoms. The van der Waals surface area contributed by atoms with E-state index < -0.39 is 6.17 Å². The number of hydrogen-bond acceptors (Lipinski definition) is 2. The lowest BCUT2D eigenvalue weighted by Gasteiger charge is -2.28. The first-order valence-corrected chi connectivity index (χ1v) is 7.36. The van der Waals surface area contributed by atoms with Crippen LogP contribution in [-0.4, -0.2) is 29.9 Å². The Morgan fingerprint density at radius 1 is 1.09 bits per heavy atom. The third-order valence-corrected chi connectivity index (χ3v) is 4.01. The number of carbonyl (C=O) groups is 1. The molecule has 0 bridgehead atoms. The van der Waals surface area contributed by atoms with E-state index in [0.29, 0.717) is 13.1 Å². The number of likely N-dealkylation sites (tertiary alicyclic amines) is 1. The zero-order chi connectivity index (χ0) is 15.5. The SMILES string of the molecule is O=C1CCN(Cc2ccccc2-c2ccc(F)cc2)C[C@H]1F. The molecule has 2 nitrogen and oxygen atoms in total. The van der Waals surface area contributed by atoms with Crippen LogP contribution >= 0.6 is 0 Å². The Labute approximate surface area is 128 Å². The fourth-order valence-corrected chi connectivity index (χ4v) is 2.80. The molecule has 1 heterocycles. The fraction of sp³-hybridized carbons (Fsp3) is 0.278. The van der Waals surface area contributed by atoms with E-state index in [0.717, 1.165) is 16.7 Å². The normalized spacial score (nSPS) is 19.4. The molecule has 0 aliphatic carbocycles. The maximum Gasteiger partial charge on any atom is 0.171 e. The second kappa shape index (κ2) is 6.36. The van der Waals surface area contributed by atoms with Crippen LogP contribution in [0.2, 0.25) is 0 Å². The molecule has 1 fully saturated rings. The number of benzene rings is 2. The van der Waals surface area contributed by atoms with Gasteiger partial charge in [-0.2, -0.15) is 0 Å². The third-order valence-electron chi connectivity index (χ3n) is 4.01. The van der Waals surface area contributed by atoms with Crippen molar-refractivity contribution < 1.29 is 13.6 Å². The van der Waals surface area contributed by atoms with Gasteiger partial charge in [0.2, 0.25) is 0 Å². The summed E-state index contributed by atoms with van der Waals surface area (Å²) in [6.45, 7) is 1.31. The second-order valence-electron chi connectivity index (χ2n) is 5.58. The van der Waals surface area contributed by atoms with Gasteiger partial charge in [0.05, 0.1) is 0 Å². The van der Waals surface area contributed by atoms with Gasteiger partial charge in [0, 0.05) is 26.1 Å². The zero-order valence-corrected chi connectivity index (χ0v) is 12.1. The minimum Gasteiger partial charge on any atom is -0.296 e. The smallest absolute Gasteiger partial charge is 0.171 e. The van der Waals surface area contributed by atoms with Gasteiger partial charge >= 0.3 is 0 Å². The summed E-state index contributed by atoms with van der Waals surface area (Å²) in [6.07, 6.45) is -1.12. The summed E-state index contributed by atoms with van der Waals surface area (Å²) in [7, 11) is 0. The molecule has 3 rings (SSSR count). The van der Waals surface area contributed by atoms with E-state index in [1.165, 1.54) is 12.1 Å². The molecule has 0 radical (unpaired) electrons. The number of hydrogen-bond donors (Lipinski definition) is 0. The van der Waals surface area contributed by atoms with E-state index in [9.17, 15) is 13.6 Å². The number of ketones is 1. The molecular formula is C18H17F2NO. The largest absolute Gasteiger partial charge is 0.296 e. The lowest BCUT2D eigenvalue weighted by molar-refractivity contribution is -0.127. The van der Waals surface area contributed by atoms with Gasteiger partial charge in [-0.15, -0.1) is 0 Å². The summed E-state index contributed by atoms with van der Waals surface area (Å²) in [6, 6.07) is 14.2. The van der Waals surface area contributed by atoms with Crippen LogP contribution in [0.25, 0.3) is 11.1 Å². The highest BCUT2D eigenvalue weighted by molar-refractivity contribution is 5.84. The standard InChI is InChI=1S/C18H17F2NO/c19-15-7-5-13(6-8-15)16-4-2-1-3-14(16)11-21-10-9-18(22)17(20)12-21/h1-8,17H,9-12H2/t17-/m1/s1. The Kier molecular flexibility index (Phi) is 4.29. The van der Waals surface area contributed by atoms with Crippen LogP contribution in [0, 0.1) is 5.82 Å². The van der Waals surface area contributed by atoms with E-state index in [4.69, 9.17) is 0 Å². The summed E-state index contributed by atoms with van der Waals surface area (Å²) in [4.78, 5) is 13.2. The molecule has 1 aliphatic rings. The molecule has 1 atom stereocenters. The molecule has 1 aliphatic heterocycles. The van der Waals surface area contributed by atoms with Crippen LogP contribution in [0.4, 0.5) is 8.78 Å². The van der Waals surface area contributed by atoms with Crippen LogP contribution in [0.5, 0.6) is 0 Å². The molecule has 4 heteroatoms. The first kappa shape index (κ1) is 14.9. The number of carbonyl (C=O) groups excluding carboxylic acids is 1. The van der Waals surface area contributed by atoms with E-state index in [1.807, 2.05) is 29.2 Å². The zero-order valence-electron chi connectivity index (χ0n) is 12.1. The molecular weight excluding hydrogens is 284 g/mol. The molecule has 0 unspecified atom stereocenters. The van der Waals surface area contributed by atoms with Crippen molar-refractivity contribution in [2.45, 2.75) is 19.1 Å². The van der Waals surface area contributed by atoms with Crippen LogP contribution < -0.4 is 0 Å². The average molecular weight is 301 g/mol. The predicted molar refractivity (Wildman–Crippen MR) is 81.6 cm³/mol. The fourth-order valence-electron chi connectivity index (χ4n) is 2.80. The Morgan fingerprint density at radius 3 is 2.55 bits per heavy atom. The highest BCUT2D eigenvalue weighted by Crippen LogP contribution is 2.26. The number of piperidine rings is 1. The number of rotatable bonds is 3. The van der Waals surface area contributed by atoms with Gasteiger partial charge in [0.15, 0.2) is 12.0 Å². The molecule has 0 amide bonds. The summed E-state index contributed by atoms with van der Waals surface area (Å²) in [5.74, 6) is -0.570. The lowest BCUT2D eigenvalue weighted by Crippen LogP contribution is -2.41. The van der Waals surface area contributed by atoms with Gasteiger partial charge in [0.25, 0.3) is 0 Å². The average Bonchev–Trinajstić information content (AvgIpc) is 2.52. The summed E-state index contributed by atoms with van der Waals surface area (Å²) in [5.41, 5.74) is 2.99. The van der Waals surface area contributed by atoms with Crippen molar-refractivity contribution >= 4 is 5.78 Å². The van der Waals surface area contributed by atoms with Gasteiger partial charge in [0.1, 0.15) is 5.82 Å². The molecule has 2 aromatic carbocycles. The highest BCUT2D eigenvalue weighted by atomic mass is 19.1. The summed E-state index contributed by atoms with van der Waals surface area (Å²) >= 11 is 0. The van der Waals surface area contributed by atoms with Gasteiger partial charge in [-0.05, 0) is 28.8 Å². The Hall–Kier alpha value is -2.07.